The number of carbonyl (C=O) groups is 1. The normalized spacial score (nSPS) is 25.9. The predicted molar refractivity (Wildman–Crippen MR) is 92.4 cm³/mol. The van der Waals surface area contributed by atoms with Crippen molar-refractivity contribution in [3.8, 4) is 0 Å². The number of benzene rings is 1. The third-order valence-electron chi connectivity index (χ3n) is 5.04. The van der Waals surface area contributed by atoms with Crippen LogP contribution in [0, 0.1) is 11.3 Å². The summed E-state index contributed by atoms with van der Waals surface area (Å²) in [6.45, 7) is 6.20. The molecule has 1 aromatic rings. The molecule has 3 nitrogen and oxygen atoms in total. The highest BCUT2D eigenvalue weighted by atomic mass is 35.5. The summed E-state index contributed by atoms with van der Waals surface area (Å²) in [5.41, 5.74) is 3.08. The minimum atomic E-state index is 0. The van der Waals surface area contributed by atoms with Crippen LogP contribution in [0.1, 0.15) is 37.8 Å². The number of rotatable bonds is 3. The summed E-state index contributed by atoms with van der Waals surface area (Å²) in [5, 5.41) is 6.63. The third kappa shape index (κ3) is 3.82. The van der Waals surface area contributed by atoms with Crippen molar-refractivity contribution < 1.29 is 4.79 Å². The molecule has 22 heavy (non-hydrogen) atoms. The molecule has 1 aromatic carbocycles. The second-order valence-electron chi connectivity index (χ2n) is 7.23. The van der Waals surface area contributed by atoms with Crippen LogP contribution in [0.15, 0.2) is 24.3 Å². The van der Waals surface area contributed by atoms with Gasteiger partial charge in [0.15, 0.2) is 0 Å². The molecule has 2 N–H and O–H groups in total. The van der Waals surface area contributed by atoms with Crippen LogP contribution in [0.25, 0.3) is 0 Å². The maximum absolute atomic E-state index is 12.4. The number of hydrogen-bond donors (Lipinski definition) is 2. The quantitative estimate of drug-likeness (QED) is 0.898. The maximum Gasteiger partial charge on any atom is 0.223 e. The molecule has 0 saturated carbocycles. The van der Waals surface area contributed by atoms with Crippen LogP contribution < -0.4 is 10.6 Å². The summed E-state index contributed by atoms with van der Waals surface area (Å²) < 4.78 is 0. The Morgan fingerprint density at radius 2 is 1.95 bits per heavy atom. The smallest absolute Gasteiger partial charge is 0.223 e. The molecular weight excluding hydrogens is 296 g/mol. The van der Waals surface area contributed by atoms with Crippen molar-refractivity contribution in [2.24, 2.45) is 11.3 Å². The topological polar surface area (TPSA) is 41.1 Å². The summed E-state index contributed by atoms with van der Waals surface area (Å²) >= 11 is 0. The van der Waals surface area contributed by atoms with E-state index in [1.54, 1.807) is 0 Å². The van der Waals surface area contributed by atoms with E-state index < -0.39 is 0 Å². The summed E-state index contributed by atoms with van der Waals surface area (Å²) in [7, 11) is 0. The van der Waals surface area contributed by atoms with Crippen LogP contribution >= 0.6 is 12.4 Å². The van der Waals surface area contributed by atoms with Crippen molar-refractivity contribution in [1.82, 2.24) is 10.6 Å². The van der Waals surface area contributed by atoms with Crippen LogP contribution in [-0.2, 0) is 17.6 Å². The van der Waals surface area contributed by atoms with Gasteiger partial charge in [-0.3, -0.25) is 4.79 Å². The van der Waals surface area contributed by atoms with E-state index in [1.807, 2.05) is 0 Å². The second kappa shape index (κ2) is 7.01. The predicted octanol–water partition coefficient (Wildman–Crippen LogP) is 2.72. The average molecular weight is 323 g/mol. The molecule has 4 heteroatoms. The summed E-state index contributed by atoms with van der Waals surface area (Å²) in [6.07, 6.45) is 4.08. The van der Waals surface area contributed by atoms with E-state index in [4.69, 9.17) is 0 Å². The monoisotopic (exact) mass is 322 g/mol. The number of halogens is 1. The van der Waals surface area contributed by atoms with Gasteiger partial charge in [0, 0.05) is 18.5 Å². The zero-order valence-electron chi connectivity index (χ0n) is 13.5. The molecule has 1 heterocycles. The van der Waals surface area contributed by atoms with E-state index >= 15 is 0 Å². The van der Waals surface area contributed by atoms with E-state index in [9.17, 15) is 4.79 Å². The Hall–Kier alpha value is -1.06. The third-order valence-corrected chi connectivity index (χ3v) is 5.04. The van der Waals surface area contributed by atoms with Gasteiger partial charge in [-0.2, -0.15) is 0 Å². The number of nitrogens with one attached hydrogen (secondary N) is 2. The van der Waals surface area contributed by atoms with Gasteiger partial charge in [0.2, 0.25) is 5.91 Å². The molecule has 2 aliphatic rings. The highest BCUT2D eigenvalue weighted by Crippen LogP contribution is 2.36. The van der Waals surface area contributed by atoms with Crippen molar-refractivity contribution in [1.29, 1.82) is 0 Å². The molecule has 1 amide bonds. The Morgan fingerprint density at radius 1 is 1.32 bits per heavy atom. The lowest BCUT2D eigenvalue weighted by atomic mass is 9.86. The fourth-order valence-corrected chi connectivity index (χ4v) is 3.82. The zero-order valence-corrected chi connectivity index (χ0v) is 14.3. The summed E-state index contributed by atoms with van der Waals surface area (Å²) in [6, 6.07) is 9.12. The molecule has 0 bridgehead atoms. The number of fused-ring (bicyclic) bond motifs is 1. The lowest BCUT2D eigenvalue weighted by Crippen LogP contribution is -2.45. The van der Waals surface area contributed by atoms with Crippen molar-refractivity contribution in [3.05, 3.63) is 35.4 Å². The second-order valence-corrected chi connectivity index (χ2v) is 7.23. The Labute approximate surface area is 139 Å². The van der Waals surface area contributed by atoms with Gasteiger partial charge in [-0.25, -0.2) is 0 Å². The van der Waals surface area contributed by atoms with Gasteiger partial charge in [-0.15, -0.1) is 12.4 Å². The van der Waals surface area contributed by atoms with E-state index in [-0.39, 0.29) is 29.6 Å². The van der Waals surface area contributed by atoms with Crippen molar-refractivity contribution in [3.63, 3.8) is 0 Å². The fraction of sp³-hybridized carbons (Fsp3) is 0.611. The molecule has 2 atom stereocenters. The first-order valence-corrected chi connectivity index (χ1v) is 8.14. The molecule has 1 aliphatic carbocycles. The first-order valence-electron chi connectivity index (χ1n) is 8.14. The van der Waals surface area contributed by atoms with Gasteiger partial charge < -0.3 is 10.6 Å². The van der Waals surface area contributed by atoms with Crippen LogP contribution in [0.3, 0.4) is 0 Å². The van der Waals surface area contributed by atoms with Crippen LogP contribution in [0.5, 0.6) is 0 Å². The Kier molecular flexibility index (Phi) is 5.51. The van der Waals surface area contributed by atoms with Gasteiger partial charge >= 0.3 is 0 Å². The summed E-state index contributed by atoms with van der Waals surface area (Å²) in [4.78, 5) is 12.4. The van der Waals surface area contributed by atoms with Gasteiger partial charge in [0.1, 0.15) is 0 Å². The van der Waals surface area contributed by atoms with Crippen molar-refractivity contribution >= 4 is 18.3 Å². The van der Waals surface area contributed by atoms with Crippen molar-refractivity contribution in [2.75, 3.05) is 13.1 Å². The fourth-order valence-electron chi connectivity index (χ4n) is 3.82. The summed E-state index contributed by atoms with van der Waals surface area (Å²) in [5.74, 6) is 0.439. The van der Waals surface area contributed by atoms with E-state index in [1.165, 1.54) is 11.1 Å². The van der Waals surface area contributed by atoms with Gasteiger partial charge in [-0.1, -0.05) is 31.2 Å². The van der Waals surface area contributed by atoms with Gasteiger partial charge in [0.05, 0.1) is 0 Å². The minimum absolute atomic E-state index is 0. The molecule has 0 spiro atoms. The Balaban J connectivity index is 0.00000176. The van der Waals surface area contributed by atoms with Gasteiger partial charge in [-0.05, 0) is 55.7 Å². The average Bonchev–Trinajstić information content (AvgIpc) is 2.81. The highest BCUT2D eigenvalue weighted by molar-refractivity contribution is 5.85. The number of hydrogen-bond acceptors (Lipinski definition) is 2. The van der Waals surface area contributed by atoms with Crippen LogP contribution in [0.2, 0.25) is 0 Å². The largest absolute Gasteiger partial charge is 0.355 e. The van der Waals surface area contributed by atoms with E-state index in [0.717, 1.165) is 38.8 Å². The molecule has 0 unspecified atom stereocenters. The lowest BCUT2D eigenvalue weighted by Gasteiger charge is -2.29. The molecule has 1 aliphatic heterocycles. The van der Waals surface area contributed by atoms with Crippen LogP contribution in [0.4, 0.5) is 0 Å². The highest BCUT2D eigenvalue weighted by Gasteiger charge is 2.34. The minimum Gasteiger partial charge on any atom is -0.355 e. The molecule has 1 saturated heterocycles. The lowest BCUT2D eigenvalue weighted by molar-refractivity contribution is -0.126. The standard InChI is InChI=1S/C18H26N2O.ClH/c1-13-9-14(7-8-19-13)17(21)20-12-18(2)10-15-5-3-4-6-16(15)11-18;/h3-6,13-14,19H,7-12H2,1-2H3,(H,20,21);1H/t13-,14-;/m0./s1. The van der Waals surface area contributed by atoms with Crippen LogP contribution in [-0.4, -0.2) is 25.0 Å². The molecule has 1 fully saturated rings. The number of piperidine rings is 1. The first kappa shape index (κ1) is 17.3. The number of carbonyl (C=O) groups excluding carboxylic acids is 1. The number of amides is 1. The molecule has 122 valence electrons. The van der Waals surface area contributed by atoms with E-state index in [2.05, 4.69) is 48.7 Å². The maximum atomic E-state index is 12.4. The van der Waals surface area contributed by atoms with Crippen molar-refractivity contribution in [2.45, 2.75) is 45.6 Å². The van der Waals surface area contributed by atoms with Gasteiger partial charge in [0.25, 0.3) is 0 Å². The molecule has 0 radical (unpaired) electrons. The van der Waals surface area contributed by atoms with E-state index in [0.29, 0.717) is 6.04 Å². The first-order chi connectivity index (χ1) is 10.1. The molecular formula is C18H27ClN2O. The Bertz CT molecular complexity index is 507. The molecule has 3 rings (SSSR count). The Morgan fingerprint density at radius 3 is 2.55 bits per heavy atom. The SMILES string of the molecule is C[C@H]1C[C@@H](C(=O)NCC2(C)Cc3ccccc3C2)CCN1.Cl. The zero-order chi connectivity index (χ0) is 14.9. The molecule has 0 aromatic heterocycles.